The van der Waals surface area contributed by atoms with Gasteiger partial charge in [0.2, 0.25) is 0 Å². The molecule has 0 aliphatic rings. The number of sulfone groups is 1. The highest BCUT2D eigenvalue weighted by Gasteiger charge is 2.13. The summed E-state index contributed by atoms with van der Waals surface area (Å²) in [6, 6.07) is 0. The van der Waals surface area contributed by atoms with Gasteiger partial charge in [-0.25, -0.2) is 13.4 Å². The Bertz CT molecular complexity index is 527. The van der Waals surface area contributed by atoms with Crippen LogP contribution in [0.4, 0.5) is 0 Å². The first-order chi connectivity index (χ1) is 9.14. The SMILES string of the molecule is CCS(=O)(=O)CCCn1c(CNC(C)(C)C)cnc1C. The van der Waals surface area contributed by atoms with Crippen LogP contribution in [0.15, 0.2) is 6.20 Å². The first-order valence-electron chi connectivity index (χ1n) is 7.11. The fraction of sp³-hybridized carbons (Fsp3) is 0.786. The zero-order valence-corrected chi connectivity index (χ0v) is 14.0. The molecule has 0 aromatic carbocycles. The molecule has 1 aromatic rings. The molecule has 1 rings (SSSR count). The topological polar surface area (TPSA) is 64.0 Å². The van der Waals surface area contributed by atoms with E-state index in [9.17, 15) is 8.42 Å². The van der Waals surface area contributed by atoms with Crippen molar-refractivity contribution in [3.05, 3.63) is 17.7 Å². The van der Waals surface area contributed by atoms with Crippen LogP contribution in [0.2, 0.25) is 0 Å². The number of rotatable bonds is 7. The minimum Gasteiger partial charge on any atom is -0.331 e. The molecule has 0 amide bonds. The summed E-state index contributed by atoms with van der Waals surface area (Å²) >= 11 is 0. The van der Waals surface area contributed by atoms with E-state index in [1.165, 1.54) is 0 Å². The Morgan fingerprint density at radius 3 is 2.55 bits per heavy atom. The number of hydrogen-bond donors (Lipinski definition) is 1. The summed E-state index contributed by atoms with van der Waals surface area (Å²) in [6.07, 6.45) is 2.50. The van der Waals surface area contributed by atoms with Gasteiger partial charge in [0.1, 0.15) is 15.7 Å². The summed E-state index contributed by atoms with van der Waals surface area (Å²) in [4.78, 5) is 4.33. The Hall–Kier alpha value is -0.880. The van der Waals surface area contributed by atoms with Crippen LogP contribution < -0.4 is 5.32 Å². The Balaban J connectivity index is 2.63. The van der Waals surface area contributed by atoms with Crippen molar-refractivity contribution in [2.75, 3.05) is 11.5 Å². The lowest BCUT2D eigenvalue weighted by Crippen LogP contribution is -2.35. The zero-order valence-electron chi connectivity index (χ0n) is 13.2. The average molecular weight is 301 g/mol. The molecule has 0 radical (unpaired) electrons. The number of imidazole rings is 1. The molecule has 0 unspecified atom stereocenters. The summed E-state index contributed by atoms with van der Waals surface area (Å²) in [5.41, 5.74) is 1.15. The number of nitrogens with one attached hydrogen (secondary N) is 1. The molecule has 0 fully saturated rings. The second kappa shape index (κ2) is 6.72. The molecular weight excluding hydrogens is 274 g/mol. The maximum atomic E-state index is 11.5. The van der Waals surface area contributed by atoms with E-state index in [1.54, 1.807) is 6.92 Å². The van der Waals surface area contributed by atoms with Crippen LogP contribution >= 0.6 is 0 Å². The number of aryl methyl sites for hydroxylation is 1. The van der Waals surface area contributed by atoms with Crippen molar-refractivity contribution in [3.8, 4) is 0 Å². The number of hydrogen-bond acceptors (Lipinski definition) is 4. The molecule has 5 nitrogen and oxygen atoms in total. The average Bonchev–Trinajstić information content (AvgIpc) is 2.67. The van der Waals surface area contributed by atoms with Crippen LogP contribution in [0.1, 0.15) is 45.6 Å². The molecule has 1 aromatic heterocycles. The molecule has 0 bridgehead atoms. The fourth-order valence-electron chi connectivity index (χ4n) is 1.90. The lowest BCUT2D eigenvalue weighted by Gasteiger charge is -2.21. The van der Waals surface area contributed by atoms with Crippen LogP contribution in [0.5, 0.6) is 0 Å². The minimum atomic E-state index is -2.88. The van der Waals surface area contributed by atoms with Gasteiger partial charge in [0.25, 0.3) is 0 Å². The van der Waals surface area contributed by atoms with E-state index in [1.807, 2.05) is 13.1 Å². The van der Waals surface area contributed by atoms with Crippen LogP contribution in [-0.4, -0.2) is 35.0 Å². The van der Waals surface area contributed by atoms with Crippen molar-refractivity contribution in [3.63, 3.8) is 0 Å². The Morgan fingerprint density at radius 1 is 1.35 bits per heavy atom. The monoisotopic (exact) mass is 301 g/mol. The van der Waals surface area contributed by atoms with Crippen molar-refractivity contribution in [1.82, 2.24) is 14.9 Å². The Morgan fingerprint density at radius 2 is 2.00 bits per heavy atom. The van der Waals surface area contributed by atoms with E-state index in [2.05, 4.69) is 35.6 Å². The largest absolute Gasteiger partial charge is 0.331 e. The van der Waals surface area contributed by atoms with Crippen molar-refractivity contribution in [2.45, 2.75) is 59.7 Å². The molecule has 0 saturated heterocycles. The zero-order chi connectivity index (χ0) is 15.4. The number of nitrogens with zero attached hydrogens (tertiary/aromatic N) is 2. The number of aromatic nitrogens is 2. The molecule has 0 spiro atoms. The maximum Gasteiger partial charge on any atom is 0.150 e. The predicted molar refractivity (Wildman–Crippen MR) is 82.5 cm³/mol. The molecule has 0 aliphatic carbocycles. The van der Waals surface area contributed by atoms with E-state index in [4.69, 9.17) is 0 Å². The highest BCUT2D eigenvalue weighted by molar-refractivity contribution is 7.91. The van der Waals surface area contributed by atoms with Gasteiger partial charge in [-0.3, -0.25) is 0 Å². The Labute approximate surface area is 122 Å². The third-order valence-electron chi connectivity index (χ3n) is 3.21. The van der Waals surface area contributed by atoms with Crippen LogP contribution in [0, 0.1) is 6.92 Å². The van der Waals surface area contributed by atoms with Crippen molar-refractivity contribution >= 4 is 9.84 Å². The normalized spacial score (nSPS) is 12.8. The highest BCUT2D eigenvalue weighted by atomic mass is 32.2. The molecule has 6 heteroatoms. The third kappa shape index (κ3) is 5.63. The fourth-order valence-corrected chi connectivity index (χ4v) is 2.76. The predicted octanol–water partition coefficient (Wildman–Crippen LogP) is 1.90. The van der Waals surface area contributed by atoms with Crippen LogP contribution in [0.3, 0.4) is 0 Å². The lowest BCUT2D eigenvalue weighted by atomic mass is 10.1. The molecule has 0 aliphatic heterocycles. The van der Waals surface area contributed by atoms with Gasteiger partial charge >= 0.3 is 0 Å². The van der Waals surface area contributed by atoms with Crippen molar-refractivity contribution in [1.29, 1.82) is 0 Å². The molecule has 20 heavy (non-hydrogen) atoms. The van der Waals surface area contributed by atoms with E-state index in [-0.39, 0.29) is 17.0 Å². The van der Waals surface area contributed by atoms with E-state index in [0.717, 1.165) is 18.1 Å². The summed E-state index contributed by atoms with van der Waals surface area (Å²) < 4.78 is 25.1. The highest BCUT2D eigenvalue weighted by Crippen LogP contribution is 2.09. The van der Waals surface area contributed by atoms with Gasteiger partial charge in [-0.1, -0.05) is 6.92 Å². The smallest absolute Gasteiger partial charge is 0.150 e. The first-order valence-corrected chi connectivity index (χ1v) is 8.93. The summed E-state index contributed by atoms with van der Waals surface area (Å²) in [5.74, 6) is 1.39. The van der Waals surface area contributed by atoms with Crippen LogP contribution in [0.25, 0.3) is 0 Å². The molecule has 116 valence electrons. The van der Waals surface area contributed by atoms with Gasteiger partial charge in [-0.05, 0) is 34.1 Å². The van der Waals surface area contributed by atoms with Gasteiger partial charge in [0, 0.05) is 30.6 Å². The van der Waals surface area contributed by atoms with Gasteiger partial charge in [-0.2, -0.15) is 0 Å². The minimum absolute atomic E-state index is 0.0502. The third-order valence-corrected chi connectivity index (χ3v) is 5.00. The summed E-state index contributed by atoms with van der Waals surface area (Å²) in [5, 5.41) is 3.43. The summed E-state index contributed by atoms with van der Waals surface area (Å²) in [7, 11) is -2.88. The van der Waals surface area contributed by atoms with Gasteiger partial charge in [0.15, 0.2) is 0 Å². The molecule has 0 atom stereocenters. The second-order valence-corrected chi connectivity index (χ2v) is 8.61. The molecule has 1 N–H and O–H groups in total. The molecule has 0 saturated carbocycles. The Kier molecular flexibility index (Phi) is 5.77. The van der Waals surface area contributed by atoms with E-state index in [0.29, 0.717) is 13.0 Å². The quantitative estimate of drug-likeness (QED) is 0.835. The van der Waals surface area contributed by atoms with Gasteiger partial charge in [-0.15, -0.1) is 0 Å². The van der Waals surface area contributed by atoms with Gasteiger partial charge in [0.05, 0.1) is 11.4 Å². The molecular formula is C14H27N3O2S. The van der Waals surface area contributed by atoms with Crippen molar-refractivity contribution < 1.29 is 8.42 Å². The van der Waals surface area contributed by atoms with Gasteiger partial charge < -0.3 is 9.88 Å². The summed E-state index contributed by atoms with van der Waals surface area (Å²) in [6.45, 7) is 11.4. The van der Waals surface area contributed by atoms with Crippen molar-refractivity contribution in [2.24, 2.45) is 0 Å². The first kappa shape index (κ1) is 17.2. The van der Waals surface area contributed by atoms with Crippen LogP contribution in [-0.2, 0) is 22.9 Å². The standard InChI is InChI=1S/C14H27N3O2S/c1-6-20(18,19)9-7-8-17-12(2)15-10-13(17)11-16-14(3,4)5/h10,16H,6-9,11H2,1-5H3. The lowest BCUT2D eigenvalue weighted by molar-refractivity contribution is 0.414. The second-order valence-electron chi connectivity index (χ2n) is 6.14. The van der Waals surface area contributed by atoms with E-state index < -0.39 is 9.84 Å². The van der Waals surface area contributed by atoms with E-state index >= 15 is 0 Å². The maximum absolute atomic E-state index is 11.5. The molecule has 1 heterocycles.